The second kappa shape index (κ2) is 3.55. The van der Waals surface area contributed by atoms with Gasteiger partial charge in [0, 0.05) is 0 Å². The highest BCUT2D eigenvalue weighted by Gasteiger charge is 2.36. The smallest absolute Gasteiger partial charge is 0.166 e. The number of rotatable bonds is 0. The molecule has 0 heterocycles. The molecule has 0 aliphatic carbocycles. The van der Waals surface area contributed by atoms with Crippen LogP contribution in [0.4, 0.5) is 26.3 Å². The highest BCUT2D eigenvalue weighted by atomic mass is 28.1. The molecular weight excluding hydrogens is 238 g/mol. The van der Waals surface area contributed by atoms with Crippen molar-refractivity contribution in [3.05, 3.63) is 29.3 Å². The van der Waals surface area contributed by atoms with E-state index in [1.807, 2.05) is 0 Å². The number of hydrogen-bond donors (Lipinski definition) is 0. The third-order valence-corrected chi connectivity index (χ3v) is 1.88. The van der Waals surface area contributed by atoms with E-state index in [0.29, 0.717) is 12.1 Å². The van der Waals surface area contributed by atoms with Crippen LogP contribution < -0.4 is 5.19 Å². The van der Waals surface area contributed by atoms with Crippen LogP contribution in [0.25, 0.3) is 0 Å². The second-order valence-electron chi connectivity index (χ2n) is 2.79. The quantitative estimate of drug-likeness (QED) is 0.483. The molecule has 7 heteroatoms. The van der Waals surface area contributed by atoms with Gasteiger partial charge in [-0.2, -0.15) is 26.3 Å². The van der Waals surface area contributed by atoms with Crippen molar-refractivity contribution >= 4 is 15.4 Å². The number of hydrogen-bond acceptors (Lipinski definition) is 0. The number of halogens is 6. The Bertz CT molecular complexity index is 332. The Hall–Kier alpha value is -0.983. The summed E-state index contributed by atoms with van der Waals surface area (Å²) in [5, 5.41) is -0.267. The van der Waals surface area contributed by atoms with Gasteiger partial charge >= 0.3 is 12.4 Å². The fraction of sp³-hybridized carbons (Fsp3) is 0.250. The maximum Gasteiger partial charge on any atom is 0.416 e. The highest BCUT2D eigenvalue weighted by molar-refractivity contribution is 6.32. The summed E-state index contributed by atoms with van der Waals surface area (Å²) >= 11 is 0. The zero-order chi connectivity index (χ0) is 11.9. The molecule has 0 amide bonds. The number of alkyl halides is 6. The van der Waals surface area contributed by atoms with Crippen LogP contribution in [0.15, 0.2) is 18.2 Å². The Labute approximate surface area is 84.3 Å². The Kier molecular flexibility index (Phi) is 2.86. The molecular formula is C8H3F6Si. The van der Waals surface area contributed by atoms with Gasteiger partial charge in [-0.1, -0.05) is 17.3 Å². The van der Waals surface area contributed by atoms with Crippen molar-refractivity contribution in [1.29, 1.82) is 0 Å². The minimum atomic E-state index is -4.79. The molecule has 0 saturated heterocycles. The molecule has 0 fully saturated rings. The van der Waals surface area contributed by atoms with Crippen LogP contribution in [0, 0.1) is 0 Å². The van der Waals surface area contributed by atoms with Gasteiger partial charge in [-0.05, 0) is 6.07 Å². The molecule has 0 bridgehead atoms. The van der Waals surface area contributed by atoms with Gasteiger partial charge in [-0.15, -0.1) is 0 Å². The molecule has 3 radical (unpaired) electrons. The largest absolute Gasteiger partial charge is 0.416 e. The van der Waals surface area contributed by atoms with Crippen molar-refractivity contribution in [2.24, 2.45) is 0 Å². The summed E-state index contributed by atoms with van der Waals surface area (Å²) in [7, 11) is 2.65. The lowest BCUT2D eigenvalue weighted by Crippen LogP contribution is -2.16. The van der Waals surface area contributed by atoms with Gasteiger partial charge in [0.2, 0.25) is 0 Å². The SMILES string of the molecule is FC(F)(F)c1cc([Si])cc(C(F)(F)F)c1. The van der Waals surface area contributed by atoms with E-state index in [9.17, 15) is 26.3 Å². The first-order valence-electron chi connectivity index (χ1n) is 3.62. The lowest BCUT2D eigenvalue weighted by molar-refractivity contribution is -0.142. The lowest BCUT2D eigenvalue weighted by atomic mass is 10.1. The molecule has 1 aromatic carbocycles. The normalized spacial score (nSPS) is 13.0. The summed E-state index contributed by atoms with van der Waals surface area (Å²) in [6.07, 6.45) is -9.58. The van der Waals surface area contributed by atoms with Crippen LogP contribution in [0.1, 0.15) is 11.1 Å². The Morgan fingerprint density at radius 1 is 0.733 bits per heavy atom. The van der Waals surface area contributed by atoms with E-state index in [2.05, 4.69) is 10.2 Å². The summed E-state index contributed by atoms with van der Waals surface area (Å²) in [6, 6.07) is 1.25. The van der Waals surface area contributed by atoms with Crippen LogP contribution in [0.3, 0.4) is 0 Å². The van der Waals surface area contributed by atoms with Gasteiger partial charge in [0.1, 0.15) is 0 Å². The average Bonchev–Trinajstić information content (AvgIpc) is 1.99. The molecule has 1 aromatic rings. The standard InChI is InChI=1S/C8H3F6Si/c9-7(10,11)4-1-5(8(12,13)14)3-6(15)2-4/h1-3H. The molecule has 0 nitrogen and oxygen atoms in total. The molecule has 0 N–H and O–H groups in total. The van der Waals surface area contributed by atoms with Gasteiger partial charge in [0.05, 0.1) is 21.4 Å². The van der Waals surface area contributed by atoms with E-state index < -0.39 is 23.5 Å². The van der Waals surface area contributed by atoms with Crippen LogP contribution in [0.5, 0.6) is 0 Å². The van der Waals surface area contributed by atoms with E-state index in [1.165, 1.54) is 0 Å². The van der Waals surface area contributed by atoms with Crippen molar-refractivity contribution in [1.82, 2.24) is 0 Å². The van der Waals surface area contributed by atoms with Crippen molar-refractivity contribution in [3.63, 3.8) is 0 Å². The minimum absolute atomic E-state index is 0.0731. The predicted octanol–water partition coefficient (Wildman–Crippen LogP) is 2.52. The first-order chi connectivity index (χ1) is 6.60. The summed E-state index contributed by atoms with van der Waals surface area (Å²) < 4.78 is 72.9. The third-order valence-electron chi connectivity index (χ3n) is 1.59. The topological polar surface area (TPSA) is 0 Å². The molecule has 0 unspecified atom stereocenters. The third kappa shape index (κ3) is 2.98. The Morgan fingerprint density at radius 2 is 1.07 bits per heavy atom. The maximum absolute atomic E-state index is 12.1. The fourth-order valence-electron chi connectivity index (χ4n) is 0.955. The zero-order valence-corrected chi connectivity index (χ0v) is 8.00. The van der Waals surface area contributed by atoms with Gasteiger partial charge in [0.25, 0.3) is 0 Å². The highest BCUT2D eigenvalue weighted by Crippen LogP contribution is 2.34. The molecule has 15 heavy (non-hydrogen) atoms. The molecule has 0 saturated carbocycles. The van der Waals surface area contributed by atoms with E-state index in [0.717, 1.165) is 0 Å². The molecule has 1 rings (SSSR count). The maximum atomic E-state index is 12.1. The van der Waals surface area contributed by atoms with Crippen LogP contribution in [-0.2, 0) is 12.4 Å². The molecule has 0 aromatic heterocycles. The summed E-state index contributed by atoms with van der Waals surface area (Å²) in [5.41, 5.74) is -2.66. The molecule has 0 aliphatic rings. The van der Waals surface area contributed by atoms with Crippen molar-refractivity contribution in [3.8, 4) is 0 Å². The number of benzene rings is 1. The van der Waals surface area contributed by atoms with E-state index in [1.54, 1.807) is 0 Å². The van der Waals surface area contributed by atoms with Crippen LogP contribution in [0.2, 0.25) is 0 Å². The average molecular weight is 241 g/mol. The van der Waals surface area contributed by atoms with Gasteiger partial charge in [-0.3, -0.25) is 0 Å². The molecule has 81 valence electrons. The molecule has 0 spiro atoms. The summed E-state index contributed by atoms with van der Waals surface area (Å²) in [4.78, 5) is 0. The van der Waals surface area contributed by atoms with Gasteiger partial charge in [-0.25, -0.2) is 0 Å². The van der Waals surface area contributed by atoms with Crippen LogP contribution >= 0.6 is 0 Å². The summed E-state index contributed by atoms with van der Waals surface area (Å²) in [6.45, 7) is 0. The molecule has 0 atom stereocenters. The summed E-state index contributed by atoms with van der Waals surface area (Å²) in [5.74, 6) is 0. The minimum Gasteiger partial charge on any atom is -0.166 e. The van der Waals surface area contributed by atoms with Crippen molar-refractivity contribution in [2.75, 3.05) is 0 Å². The first-order valence-corrected chi connectivity index (χ1v) is 4.12. The van der Waals surface area contributed by atoms with E-state index >= 15 is 0 Å². The predicted molar refractivity (Wildman–Crippen MR) is 41.8 cm³/mol. The monoisotopic (exact) mass is 241 g/mol. The van der Waals surface area contributed by atoms with Crippen LogP contribution in [-0.4, -0.2) is 10.2 Å². The fourth-order valence-corrected chi connectivity index (χ4v) is 1.27. The van der Waals surface area contributed by atoms with Gasteiger partial charge in [0.15, 0.2) is 0 Å². The Balaban J connectivity index is 3.30. The van der Waals surface area contributed by atoms with E-state index in [-0.39, 0.29) is 11.3 Å². The Morgan fingerprint density at radius 3 is 1.33 bits per heavy atom. The zero-order valence-electron chi connectivity index (χ0n) is 7.00. The van der Waals surface area contributed by atoms with Crippen molar-refractivity contribution in [2.45, 2.75) is 12.4 Å². The second-order valence-corrected chi connectivity index (χ2v) is 3.37. The first kappa shape index (κ1) is 12.1. The van der Waals surface area contributed by atoms with E-state index in [4.69, 9.17) is 0 Å². The van der Waals surface area contributed by atoms with Gasteiger partial charge < -0.3 is 0 Å². The lowest BCUT2D eigenvalue weighted by Gasteiger charge is -2.12. The molecule has 0 aliphatic heterocycles. The van der Waals surface area contributed by atoms with Crippen molar-refractivity contribution < 1.29 is 26.3 Å².